The number of hydrogen-bond acceptors (Lipinski definition) is 8. The number of amides is 1. The van der Waals surface area contributed by atoms with Gasteiger partial charge in [-0.3, -0.25) is 4.79 Å². The summed E-state index contributed by atoms with van der Waals surface area (Å²) >= 11 is 3.32. The zero-order valence-corrected chi connectivity index (χ0v) is 18.0. The molecule has 158 valence electrons. The van der Waals surface area contributed by atoms with Crippen molar-refractivity contribution in [3.63, 3.8) is 0 Å². The first-order valence-corrected chi connectivity index (χ1v) is 10.0. The summed E-state index contributed by atoms with van der Waals surface area (Å²) in [7, 11) is 0. The van der Waals surface area contributed by atoms with E-state index in [1.54, 1.807) is 39.8 Å². The summed E-state index contributed by atoms with van der Waals surface area (Å²) in [5.74, 6) is -2.24. The van der Waals surface area contributed by atoms with Crippen molar-refractivity contribution < 1.29 is 33.6 Å². The van der Waals surface area contributed by atoms with Crippen LogP contribution in [0.15, 0.2) is 27.8 Å². The Labute approximate surface area is 176 Å². The number of carbonyl (C=O) groups excluding carboxylic acids is 1. The van der Waals surface area contributed by atoms with Gasteiger partial charge in [-0.1, -0.05) is 15.9 Å². The van der Waals surface area contributed by atoms with Crippen LogP contribution in [-0.4, -0.2) is 59.5 Å². The average Bonchev–Trinajstić information content (AvgIpc) is 3.11. The molecule has 4 rings (SSSR count). The van der Waals surface area contributed by atoms with E-state index in [2.05, 4.69) is 26.5 Å². The number of phenolic OH excluding ortho intramolecular Hbond substituents is 1. The van der Waals surface area contributed by atoms with Crippen molar-refractivity contribution in [2.24, 2.45) is 5.10 Å². The minimum Gasteiger partial charge on any atom is -0.507 e. The highest BCUT2D eigenvalue weighted by Crippen LogP contribution is 2.44. The van der Waals surface area contributed by atoms with Crippen molar-refractivity contribution in [2.45, 2.75) is 70.0 Å². The number of benzene rings is 1. The smallest absolute Gasteiger partial charge is 0.272 e. The highest BCUT2D eigenvalue weighted by atomic mass is 79.9. The van der Waals surface area contributed by atoms with Gasteiger partial charge in [0, 0.05) is 10.0 Å². The molecule has 3 heterocycles. The third kappa shape index (κ3) is 4.18. The summed E-state index contributed by atoms with van der Waals surface area (Å²) in [6.45, 7) is 7.08. The number of ether oxygens (including phenoxy) is 5. The molecule has 0 spiro atoms. The van der Waals surface area contributed by atoms with Gasteiger partial charge in [0.25, 0.3) is 5.91 Å². The first-order chi connectivity index (χ1) is 13.5. The lowest BCUT2D eigenvalue weighted by atomic mass is 9.98. The van der Waals surface area contributed by atoms with Crippen LogP contribution in [0, 0.1) is 0 Å². The lowest BCUT2D eigenvalue weighted by Crippen LogP contribution is -2.59. The normalized spacial score (nSPS) is 34.7. The fourth-order valence-corrected chi connectivity index (χ4v) is 4.06. The summed E-state index contributed by atoms with van der Waals surface area (Å²) in [5.41, 5.74) is 2.88. The Morgan fingerprint density at radius 3 is 2.52 bits per heavy atom. The number of halogens is 1. The molecule has 5 unspecified atom stereocenters. The highest BCUT2D eigenvalue weighted by Gasteiger charge is 2.62. The van der Waals surface area contributed by atoms with Crippen LogP contribution in [0.5, 0.6) is 5.75 Å². The van der Waals surface area contributed by atoms with Crippen LogP contribution < -0.4 is 5.43 Å². The summed E-state index contributed by atoms with van der Waals surface area (Å²) in [6, 6.07) is 4.89. The summed E-state index contributed by atoms with van der Waals surface area (Å²) in [6.07, 6.45) is -2.15. The Kier molecular flexibility index (Phi) is 5.21. The fourth-order valence-electron chi connectivity index (χ4n) is 3.68. The highest BCUT2D eigenvalue weighted by molar-refractivity contribution is 9.10. The van der Waals surface area contributed by atoms with Gasteiger partial charge in [-0.2, -0.15) is 5.10 Å². The van der Waals surface area contributed by atoms with Crippen LogP contribution in [0.3, 0.4) is 0 Å². The number of hydrogen-bond donors (Lipinski definition) is 2. The molecule has 1 aromatic carbocycles. The third-order valence-electron chi connectivity index (χ3n) is 4.78. The molecule has 2 N–H and O–H groups in total. The van der Waals surface area contributed by atoms with E-state index in [1.807, 2.05) is 0 Å². The molecular formula is C19H23BrN2O7. The second-order valence-corrected chi connectivity index (χ2v) is 8.94. The maximum absolute atomic E-state index is 12.8. The monoisotopic (exact) mass is 470 g/mol. The van der Waals surface area contributed by atoms with Gasteiger partial charge in [-0.05, 0) is 45.9 Å². The predicted molar refractivity (Wildman–Crippen MR) is 104 cm³/mol. The zero-order valence-electron chi connectivity index (χ0n) is 16.4. The van der Waals surface area contributed by atoms with Crippen molar-refractivity contribution in [2.75, 3.05) is 0 Å². The average molecular weight is 471 g/mol. The Morgan fingerprint density at radius 2 is 1.76 bits per heavy atom. The number of fused-ring (bicyclic) bond motifs is 3. The largest absolute Gasteiger partial charge is 0.507 e. The molecular weight excluding hydrogens is 448 g/mol. The van der Waals surface area contributed by atoms with Gasteiger partial charge >= 0.3 is 0 Å². The zero-order chi connectivity index (χ0) is 21.0. The number of nitrogens with one attached hydrogen (secondary N) is 1. The van der Waals surface area contributed by atoms with Gasteiger partial charge in [0.05, 0.1) is 6.21 Å². The lowest BCUT2D eigenvalue weighted by molar-refractivity contribution is -0.231. The maximum atomic E-state index is 12.8. The molecule has 3 aliphatic heterocycles. The van der Waals surface area contributed by atoms with E-state index in [-0.39, 0.29) is 5.75 Å². The molecule has 3 fully saturated rings. The molecule has 10 heteroatoms. The van der Waals surface area contributed by atoms with Crippen LogP contribution >= 0.6 is 15.9 Å². The Hall–Kier alpha value is -1.56. The van der Waals surface area contributed by atoms with Crippen LogP contribution in [-0.2, 0) is 28.5 Å². The molecule has 9 nitrogen and oxygen atoms in total. The van der Waals surface area contributed by atoms with Gasteiger partial charge in [0.15, 0.2) is 24.0 Å². The summed E-state index contributed by atoms with van der Waals surface area (Å²) in [5, 5.41) is 13.8. The molecule has 0 bridgehead atoms. The molecule has 3 aliphatic rings. The first kappa shape index (κ1) is 20.7. The van der Waals surface area contributed by atoms with Gasteiger partial charge < -0.3 is 28.8 Å². The number of nitrogens with zero attached hydrogens (tertiary/aromatic N) is 1. The van der Waals surface area contributed by atoms with Crippen molar-refractivity contribution in [3.05, 3.63) is 28.2 Å². The minimum atomic E-state index is -1.01. The third-order valence-corrected chi connectivity index (χ3v) is 5.27. The number of phenols is 1. The molecule has 0 saturated carbocycles. The van der Waals surface area contributed by atoms with E-state index in [0.717, 1.165) is 4.47 Å². The quantitative estimate of drug-likeness (QED) is 0.513. The lowest BCUT2D eigenvalue weighted by Gasteiger charge is -2.36. The first-order valence-electron chi connectivity index (χ1n) is 9.23. The molecule has 3 saturated heterocycles. The van der Waals surface area contributed by atoms with Crippen molar-refractivity contribution in [1.29, 1.82) is 0 Å². The predicted octanol–water partition coefficient (Wildman–Crippen LogP) is 2.00. The number of carbonyl (C=O) groups is 1. The maximum Gasteiger partial charge on any atom is 0.272 e. The van der Waals surface area contributed by atoms with Crippen LogP contribution in [0.25, 0.3) is 0 Å². The van der Waals surface area contributed by atoms with Gasteiger partial charge in [-0.15, -0.1) is 0 Å². The number of aromatic hydroxyl groups is 1. The van der Waals surface area contributed by atoms with E-state index in [4.69, 9.17) is 23.7 Å². The molecule has 29 heavy (non-hydrogen) atoms. The summed E-state index contributed by atoms with van der Waals surface area (Å²) in [4.78, 5) is 12.8. The van der Waals surface area contributed by atoms with Crippen LogP contribution in [0.4, 0.5) is 0 Å². The van der Waals surface area contributed by atoms with Crippen LogP contribution in [0.2, 0.25) is 0 Å². The Morgan fingerprint density at radius 1 is 1.10 bits per heavy atom. The van der Waals surface area contributed by atoms with E-state index >= 15 is 0 Å². The second-order valence-electron chi connectivity index (χ2n) is 8.03. The topological polar surface area (TPSA) is 108 Å². The molecule has 1 amide bonds. The van der Waals surface area contributed by atoms with Gasteiger partial charge in [-0.25, -0.2) is 5.43 Å². The molecule has 5 atom stereocenters. The molecule has 0 radical (unpaired) electrons. The molecule has 0 aromatic heterocycles. The minimum absolute atomic E-state index is 0.0380. The molecule has 0 aliphatic carbocycles. The number of rotatable bonds is 3. The Bertz CT molecular complexity index is 844. The Balaban J connectivity index is 1.50. The van der Waals surface area contributed by atoms with E-state index < -0.39 is 48.2 Å². The number of hydrazone groups is 1. The fraction of sp³-hybridized carbons (Fsp3) is 0.579. The van der Waals surface area contributed by atoms with Gasteiger partial charge in [0.1, 0.15) is 24.1 Å². The SMILES string of the molecule is CC1(C)OC2OC(C(=O)NN=Cc3cc(Br)ccc3O)C3OC(C)(C)OC3C2O1. The van der Waals surface area contributed by atoms with Crippen molar-refractivity contribution >= 4 is 28.1 Å². The van der Waals surface area contributed by atoms with Crippen molar-refractivity contribution in [3.8, 4) is 5.75 Å². The summed E-state index contributed by atoms with van der Waals surface area (Å²) < 4.78 is 30.2. The van der Waals surface area contributed by atoms with Crippen molar-refractivity contribution in [1.82, 2.24) is 5.43 Å². The standard InChI is InChI=1S/C19H23BrN2O7/c1-18(2)26-12-13(27-18)15-17(29-19(3,4)28-15)25-14(12)16(24)22-21-8-9-7-10(20)5-6-11(9)23/h5-8,12-15,17,23H,1-4H3,(H,22,24). The van der Waals surface area contributed by atoms with E-state index in [9.17, 15) is 9.90 Å². The van der Waals surface area contributed by atoms with E-state index in [0.29, 0.717) is 5.56 Å². The van der Waals surface area contributed by atoms with Crippen LogP contribution in [0.1, 0.15) is 33.3 Å². The second kappa shape index (κ2) is 7.29. The molecule has 1 aromatic rings. The van der Waals surface area contributed by atoms with Gasteiger partial charge in [0.2, 0.25) is 0 Å². The van der Waals surface area contributed by atoms with E-state index in [1.165, 1.54) is 12.3 Å².